The number of nitrogens with one attached hydrogen (secondary N) is 2. The Morgan fingerprint density at radius 1 is 1.16 bits per heavy atom. The van der Waals surface area contributed by atoms with Crippen LogP contribution in [0.3, 0.4) is 0 Å². The minimum Gasteiger partial charge on any atom is -0.352 e. The third-order valence-electron chi connectivity index (χ3n) is 3.73. The van der Waals surface area contributed by atoms with Gasteiger partial charge in [-0.15, -0.1) is 0 Å². The van der Waals surface area contributed by atoms with Crippen molar-refractivity contribution in [2.24, 2.45) is 0 Å². The van der Waals surface area contributed by atoms with Crippen LogP contribution < -0.4 is 10.0 Å². The number of aryl methyl sites for hydroxylation is 3. The number of hydrogen-bond acceptors (Lipinski definition) is 4. The lowest BCUT2D eigenvalue weighted by Crippen LogP contribution is -2.31. The van der Waals surface area contributed by atoms with Gasteiger partial charge in [-0.25, -0.2) is 13.1 Å². The van der Waals surface area contributed by atoms with Gasteiger partial charge in [0, 0.05) is 31.9 Å². The van der Waals surface area contributed by atoms with Gasteiger partial charge in [0.15, 0.2) is 0 Å². The molecule has 0 fully saturated rings. The van der Waals surface area contributed by atoms with Gasteiger partial charge < -0.3 is 5.32 Å². The number of nitrogens with zero attached hydrogens (tertiary/aromatic N) is 1. The summed E-state index contributed by atoms with van der Waals surface area (Å²) in [5, 5.41) is 2.74. The van der Waals surface area contributed by atoms with Gasteiger partial charge in [-0.2, -0.15) is 0 Å². The summed E-state index contributed by atoms with van der Waals surface area (Å²) in [7, 11) is -3.64. The Morgan fingerprint density at radius 2 is 1.84 bits per heavy atom. The molecule has 1 aromatic heterocycles. The molecule has 1 heterocycles. The molecular formula is C18H23N3O3S. The largest absolute Gasteiger partial charge is 0.352 e. The maximum Gasteiger partial charge on any atom is 0.241 e. The van der Waals surface area contributed by atoms with Gasteiger partial charge >= 0.3 is 0 Å². The van der Waals surface area contributed by atoms with Crippen molar-refractivity contribution in [1.82, 2.24) is 15.0 Å². The van der Waals surface area contributed by atoms with E-state index >= 15 is 0 Å². The Hall–Kier alpha value is -2.25. The third kappa shape index (κ3) is 5.37. The van der Waals surface area contributed by atoms with Gasteiger partial charge in [0.1, 0.15) is 0 Å². The first-order valence-electron chi connectivity index (χ1n) is 8.03. The molecule has 0 radical (unpaired) electrons. The molecule has 0 bridgehead atoms. The normalized spacial score (nSPS) is 11.3. The zero-order valence-electron chi connectivity index (χ0n) is 14.7. The maximum atomic E-state index is 12.5. The molecule has 1 aromatic carbocycles. The van der Waals surface area contributed by atoms with Crippen LogP contribution in [0.2, 0.25) is 0 Å². The van der Waals surface area contributed by atoms with Crippen LogP contribution in [-0.2, 0) is 21.4 Å². The summed E-state index contributed by atoms with van der Waals surface area (Å²) in [6.07, 6.45) is 3.41. The summed E-state index contributed by atoms with van der Waals surface area (Å²) in [6, 6.07) is 7.32. The van der Waals surface area contributed by atoms with E-state index in [1.165, 1.54) is 0 Å². The highest BCUT2D eigenvalue weighted by Crippen LogP contribution is 2.21. The van der Waals surface area contributed by atoms with Crippen LogP contribution in [0, 0.1) is 20.8 Å². The lowest BCUT2D eigenvalue weighted by molar-refractivity contribution is -0.121. The summed E-state index contributed by atoms with van der Waals surface area (Å²) in [4.78, 5) is 16.1. The molecule has 2 aromatic rings. The fourth-order valence-electron chi connectivity index (χ4n) is 2.75. The smallest absolute Gasteiger partial charge is 0.241 e. The summed E-state index contributed by atoms with van der Waals surface area (Å²) in [6.45, 7) is 5.89. The Kier molecular flexibility index (Phi) is 6.27. The van der Waals surface area contributed by atoms with Crippen LogP contribution in [0.5, 0.6) is 0 Å². The van der Waals surface area contributed by atoms with Crippen molar-refractivity contribution in [2.75, 3.05) is 6.54 Å². The van der Waals surface area contributed by atoms with Crippen LogP contribution in [0.4, 0.5) is 0 Å². The molecule has 0 saturated carbocycles. The predicted octanol–water partition coefficient (Wildman–Crippen LogP) is 1.99. The predicted molar refractivity (Wildman–Crippen MR) is 96.5 cm³/mol. The maximum absolute atomic E-state index is 12.5. The minimum atomic E-state index is -3.64. The van der Waals surface area contributed by atoms with E-state index in [1.807, 2.05) is 25.1 Å². The third-order valence-corrected chi connectivity index (χ3v) is 5.50. The molecule has 0 aliphatic carbocycles. The van der Waals surface area contributed by atoms with E-state index in [0.717, 1.165) is 11.1 Å². The number of carbonyl (C=O) groups is 1. The molecule has 2 rings (SSSR count). The number of rotatable bonds is 7. The molecule has 0 saturated heterocycles. The highest BCUT2D eigenvalue weighted by Gasteiger charge is 2.19. The highest BCUT2D eigenvalue weighted by molar-refractivity contribution is 7.89. The number of amides is 1. The highest BCUT2D eigenvalue weighted by atomic mass is 32.2. The molecular weight excluding hydrogens is 338 g/mol. The van der Waals surface area contributed by atoms with Gasteiger partial charge in [0.05, 0.1) is 4.90 Å². The zero-order chi connectivity index (χ0) is 18.4. The molecule has 7 heteroatoms. The van der Waals surface area contributed by atoms with E-state index < -0.39 is 10.0 Å². The quantitative estimate of drug-likeness (QED) is 0.789. The second-order valence-corrected chi connectivity index (χ2v) is 7.72. The van der Waals surface area contributed by atoms with Gasteiger partial charge in [0.25, 0.3) is 0 Å². The first-order valence-corrected chi connectivity index (χ1v) is 9.51. The van der Waals surface area contributed by atoms with E-state index in [-0.39, 0.29) is 23.8 Å². The molecule has 25 heavy (non-hydrogen) atoms. The number of carbonyl (C=O) groups excluding carboxylic acids is 1. The lowest BCUT2D eigenvalue weighted by atomic mass is 10.1. The second-order valence-electron chi connectivity index (χ2n) is 6.01. The van der Waals surface area contributed by atoms with E-state index in [0.29, 0.717) is 17.7 Å². The first-order chi connectivity index (χ1) is 11.8. The van der Waals surface area contributed by atoms with Crippen LogP contribution in [0.1, 0.15) is 28.7 Å². The average molecular weight is 361 g/mol. The molecule has 0 spiro atoms. The van der Waals surface area contributed by atoms with E-state index in [4.69, 9.17) is 0 Å². The van der Waals surface area contributed by atoms with Crippen LogP contribution in [-0.4, -0.2) is 25.9 Å². The Bertz CT molecular complexity index is 826. The molecule has 0 atom stereocenters. The molecule has 2 N–H and O–H groups in total. The standard InChI is InChI=1S/C18H23N3O3S/c1-13-9-14(2)18(15(3)10-13)25(23,24)21-8-6-17(22)20-12-16-5-4-7-19-11-16/h4-5,7,9-11,21H,6,8,12H2,1-3H3,(H,20,22). The lowest BCUT2D eigenvalue weighted by Gasteiger charge is -2.13. The summed E-state index contributed by atoms with van der Waals surface area (Å²) in [5.41, 5.74) is 3.31. The SMILES string of the molecule is Cc1cc(C)c(S(=O)(=O)NCCC(=O)NCc2cccnc2)c(C)c1. The fraction of sp³-hybridized carbons (Fsp3) is 0.333. The van der Waals surface area contributed by atoms with E-state index in [2.05, 4.69) is 15.0 Å². The Balaban J connectivity index is 1.89. The second kappa shape index (κ2) is 8.22. The van der Waals surface area contributed by atoms with Crippen molar-refractivity contribution in [3.8, 4) is 0 Å². The number of aromatic nitrogens is 1. The van der Waals surface area contributed by atoms with Crippen molar-refractivity contribution in [1.29, 1.82) is 0 Å². The van der Waals surface area contributed by atoms with Gasteiger partial charge in [-0.1, -0.05) is 23.8 Å². The van der Waals surface area contributed by atoms with Crippen molar-refractivity contribution in [3.63, 3.8) is 0 Å². The number of hydrogen-bond donors (Lipinski definition) is 2. The minimum absolute atomic E-state index is 0.0496. The average Bonchev–Trinajstić information content (AvgIpc) is 2.52. The summed E-state index contributed by atoms with van der Waals surface area (Å²) < 4.78 is 27.5. The first kappa shape index (κ1) is 19.1. The Labute approximate surface area is 148 Å². The number of pyridine rings is 1. The van der Waals surface area contributed by atoms with Gasteiger partial charge in [-0.05, 0) is 43.5 Å². The van der Waals surface area contributed by atoms with Crippen molar-refractivity contribution in [3.05, 3.63) is 58.9 Å². The molecule has 6 nitrogen and oxygen atoms in total. The van der Waals surface area contributed by atoms with Crippen LogP contribution >= 0.6 is 0 Å². The van der Waals surface area contributed by atoms with Gasteiger partial charge in [-0.3, -0.25) is 9.78 Å². The Morgan fingerprint density at radius 3 is 2.44 bits per heavy atom. The fourth-order valence-corrected chi connectivity index (χ4v) is 4.23. The van der Waals surface area contributed by atoms with E-state index in [9.17, 15) is 13.2 Å². The molecule has 134 valence electrons. The molecule has 0 aliphatic rings. The van der Waals surface area contributed by atoms with Crippen LogP contribution in [0.25, 0.3) is 0 Å². The summed E-state index contributed by atoms with van der Waals surface area (Å²) in [5.74, 6) is -0.219. The number of benzene rings is 1. The van der Waals surface area contributed by atoms with E-state index in [1.54, 1.807) is 32.3 Å². The zero-order valence-corrected chi connectivity index (χ0v) is 15.5. The monoisotopic (exact) mass is 361 g/mol. The van der Waals surface area contributed by atoms with Gasteiger partial charge in [0.2, 0.25) is 15.9 Å². The topological polar surface area (TPSA) is 88.2 Å². The van der Waals surface area contributed by atoms with Crippen molar-refractivity contribution in [2.45, 2.75) is 38.6 Å². The van der Waals surface area contributed by atoms with Crippen molar-refractivity contribution < 1.29 is 13.2 Å². The molecule has 0 aliphatic heterocycles. The number of sulfonamides is 1. The van der Waals surface area contributed by atoms with Crippen molar-refractivity contribution >= 4 is 15.9 Å². The van der Waals surface area contributed by atoms with Crippen LogP contribution in [0.15, 0.2) is 41.6 Å². The molecule has 0 unspecified atom stereocenters. The molecule has 1 amide bonds. The summed E-state index contributed by atoms with van der Waals surface area (Å²) >= 11 is 0.